The minimum atomic E-state index is -0.882. The van der Waals surface area contributed by atoms with Gasteiger partial charge in [0.15, 0.2) is 0 Å². The van der Waals surface area contributed by atoms with Crippen LogP contribution in [0.3, 0.4) is 0 Å². The fraction of sp³-hybridized carbons (Fsp3) is 0.444. The quantitative estimate of drug-likeness (QED) is 0.782. The first-order chi connectivity index (χ1) is 7.18. The highest BCUT2D eigenvalue weighted by Gasteiger charge is 2.48. The molecule has 5 nitrogen and oxygen atoms in total. The van der Waals surface area contributed by atoms with Crippen molar-refractivity contribution in [2.24, 2.45) is 11.8 Å². The number of carbonyl (C=O) groups is 2. The third kappa shape index (κ3) is 2.33. The van der Waals surface area contributed by atoms with Gasteiger partial charge in [0.25, 0.3) is 0 Å². The molecule has 0 unspecified atom stereocenters. The molecule has 0 radical (unpaired) electrons. The zero-order valence-electron chi connectivity index (χ0n) is 7.84. The number of aromatic nitrogens is 1. The van der Waals surface area contributed by atoms with E-state index in [2.05, 4.69) is 10.3 Å². The van der Waals surface area contributed by atoms with Crippen LogP contribution in [0.25, 0.3) is 0 Å². The number of hydrogen-bond acceptors (Lipinski definition) is 4. The lowest BCUT2D eigenvalue weighted by atomic mass is 10.3. The molecule has 2 N–H and O–H groups in total. The van der Waals surface area contributed by atoms with Gasteiger partial charge >= 0.3 is 5.97 Å². The van der Waals surface area contributed by atoms with E-state index in [0.29, 0.717) is 13.0 Å². The number of carbonyl (C=O) groups excluding carboxylic acids is 1. The Bertz CT molecular complexity index is 377. The van der Waals surface area contributed by atoms with Crippen LogP contribution in [0.5, 0.6) is 0 Å². The molecule has 0 aromatic carbocycles. The van der Waals surface area contributed by atoms with E-state index in [9.17, 15) is 9.59 Å². The second-order valence-corrected chi connectivity index (χ2v) is 4.44. The van der Waals surface area contributed by atoms with Crippen molar-refractivity contribution in [2.75, 3.05) is 0 Å². The van der Waals surface area contributed by atoms with Crippen molar-refractivity contribution < 1.29 is 14.7 Å². The zero-order valence-corrected chi connectivity index (χ0v) is 8.66. The van der Waals surface area contributed by atoms with Crippen molar-refractivity contribution in [3.63, 3.8) is 0 Å². The van der Waals surface area contributed by atoms with Gasteiger partial charge in [-0.1, -0.05) is 0 Å². The summed E-state index contributed by atoms with van der Waals surface area (Å²) in [6, 6.07) is 0. The predicted molar refractivity (Wildman–Crippen MR) is 53.2 cm³/mol. The van der Waals surface area contributed by atoms with Gasteiger partial charge in [0.05, 0.1) is 23.9 Å². The SMILES string of the molecule is O=C(O)[C@H]1C[C@H]1C(=O)NCc1cncs1. The van der Waals surface area contributed by atoms with E-state index in [1.54, 1.807) is 11.7 Å². The monoisotopic (exact) mass is 226 g/mol. The summed E-state index contributed by atoms with van der Waals surface area (Å²) in [4.78, 5) is 26.8. The average Bonchev–Trinajstić information content (AvgIpc) is 2.85. The molecule has 1 saturated carbocycles. The molecule has 0 aliphatic heterocycles. The van der Waals surface area contributed by atoms with Crippen LogP contribution in [-0.2, 0) is 16.1 Å². The molecule has 0 bridgehead atoms. The summed E-state index contributed by atoms with van der Waals surface area (Å²) >= 11 is 1.46. The first-order valence-electron chi connectivity index (χ1n) is 4.56. The fourth-order valence-corrected chi connectivity index (χ4v) is 1.93. The summed E-state index contributed by atoms with van der Waals surface area (Å²) in [5, 5.41) is 11.3. The second-order valence-electron chi connectivity index (χ2n) is 3.47. The molecule has 1 aliphatic carbocycles. The van der Waals surface area contributed by atoms with E-state index in [1.807, 2.05) is 0 Å². The van der Waals surface area contributed by atoms with E-state index in [1.165, 1.54) is 11.3 Å². The third-order valence-electron chi connectivity index (χ3n) is 2.36. The van der Waals surface area contributed by atoms with E-state index in [4.69, 9.17) is 5.11 Å². The molecule has 15 heavy (non-hydrogen) atoms. The van der Waals surface area contributed by atoms with Crippen molar-refractivity contribution in [1.82, 2.24) is 10.3 Å². The molecule has 1 aromatic rings. The smallest absolute Gasteiger partial charge is 0.307 e. The third-order valence-corrected chi connectivity index (χ3v) is 3.14. The van der Waals surface area contributed by atoms with Gasteiger partial charge in [-0.3, -0.25) is 14.6 Å². The molecule has 6 heteroatoms. The number of hydrogen-bond donors (Lipinski definition) is 2. The van der Waals surface area contributed by atoms with Crippen LogP contribution < -0.4 is 5.32 Å². The number of nitrogens with one attached hydrogen (secondary N) is 1. The molecular weight excluding hydrogens is 216 g/mol. The summed E-state index contributed by atoms with van der Waals surface area (Å²) in [5.41, 5.74) is 1.69. The largest absolute Gasteiger partial charge is 0.481 e. The molecule has 80 valence electrons. The van der Waals surface area contributed by atoms with Crippen LogP contribution >= 0.6 is 11.3 Å². The first-order valence-corrected chi connectivity index (χ1v) is 5.44. The number of nitrogens with zero attached hydrogens (tertiary/aromatic N) is 1. The van der Waals surface area contributed by atoms with Crippen LogP contribution in [0.4, 0.5) is 0 Å². The van der Waals surface area contributed by atoms with Crippen molar-refractivity contribution in [3.05, 3.63) is 16.6 Å². The summed E-state index contributed by atoms with van der Waals surface area (Å²) in [7, 11) is 0. The topological polar surface area (TPSA) is 79.3 Å². The van der Waals surface area contributed by atoms with Crippen molar-refractivity contribution in [3.8, 4) is 0 Å². The summed E-state index contributed by atoms with van der Waals surface area (Å²) in [6.07, 6.45) is 2.15. The van der Waals surface area contributed by atoms with E-state index in [-0.39, 0.29) is 11.8 Å². The lowest BCUT2D eigenvalue weighted by Gasteiger charge is -2.01. The maximum atomic E-state index is 11.4. The molecule has 1 aromatic heterocycles. The van der Waals surface area contributed by atoms with Crippen LogP contribution in [0, 0.1) is 11.8 Å². The number of rotatable bonds is 4. The highest BCUT2D eigenvalue weighted by Crippen LogP contribution is 2.38. The second kappa shape index (κ2) is 3.98. The Morgan fingerprint density at radius 2 is 2.40 bits per heavy atom. The Hall–Kier alpha value is -1.43. The molecule has 2 atom stereocenters. The summed E-state index contributed by atoms with van der Waals surface area (Å²) < 4.78 is 0. The Morgan fingerprint density at radius 1 is 1.60 bits per heavy atom. The summed E-state index contributed by atoms with van der Waals surface area (Å²) in [6.45, 7) is 0.437. The fourth-order valence-electron chi connectivity index (χ4n) is 1.39. The standard InChI is InChI=1S/C9H10N2O3S/c12-8(6-1-7(6)9(13)14)11-3-5-2-10-4-15-5/h2,4,6-7H,1,3H2,(H,11,12)(H,13,14)/t6-,7+/m1/s1. The Labute approximate surface area is 90.1 Å². The lowest BCUT2D eigenvalue weighted by molar-refractivity contribution is -0.140. The van der Waals surface area contributed by atoms with Crippen LogP contribution in [0.1, 0.15) is 11.3 Å². The van der Waals surface area contributed by atoms with Gasteiger partial charge in [-0.25, -0.2) is 0 Å². The normalized spacial score (nSPS) is 23.5. The van der Waals surface area contributed by atoms with Crippen molar-refractivity contribution >= 4 is 23.2 Å². The number of aliphatic carboxylic acids is 1. The van der Waals surface area contributed by atoms with E-state index in [0.717, 1.165) is 4.88 Å². The van der Waals surface area contributed by atoms with Crippen molar-refractivity contribution in [1.29, 1.82) is 0 Å². The van der Waals surface area contributed by atoms with E-state index < -0.39 is 11.9 Å². The number of thiazole rings is 1. The van der Waals surface area contributed by atoms with Gasteiger partial charge in [0.2, 0.25) is 5.91 Å². The molecule has 1 heterocycles. The van der Waals surface area contributed by atoms with Gasteiger partial charge < -0.3 is 10.4 Å². The highest BCUT2D eigenvalue weighted by atomic mass is 32.1. The predicted octanol–water partition coefficient (Wildman–Crippen LogP) is 0.480. The van der Waals surface area contributed by atoms with Gasteiger partial charge in [0.1, 0.15) is 0 Å². The minimum Gasteiger partial charge on any atom is -0.481 e. The molecule has 2 rings (SSSR count). The molecule has 0 saturated heterocycles. The van der Waals surface area contributed by atoms with Gasteiger partial charge in [-0.15, -0.1) is 11.3 Å². The van der Waals surface area contributed by atoms with Gasteiger partial charge in [0, 0.05) is 11.1 Å². The highest BCUT2D eigenvalue weighted by molar-refractivity contribution is 7.09. The number of carboxylic acid groups (broad SMARTS) is 1. The maximum Gasteiger partial charge on any atom is 0.307 e. The Kier molecular flexibility index (Phi) is 2.68. The van der Waals surface area contributed by atoms with Crippen molar-refractivity contribution in [2.45, 2.75) is 13.0 Å². The van der Waals surface area contributed by atoms with Gasteiger partial charge in [-0.2, -0.15) is 0 Å². The molecule has 1 aliphatic rings. The van der Waals surface area contributed by atoms with Crippen LogP contribution in [-0.4, -0.2) is 22.0 Å². The summed E-state index contributed by atoms with van der Waals surface area (Å²) in [5.74, 6) is -1.87. The molecule has 1 fully saturated rings. The molecule has 1 amide bonds. The van der Waals surface area contributed by atoms with Crippen LogP contribution in [0.15, 0.2) is 11.7 Å². The minimum absolute atomic E-state index is 0.171. The average molecular weight is 226 g/mol. The van der Waals surface area contributed by atoms with Crippen LogP contribution in [0.2, 0.25) is 0 Å². The van der Waals surface area contributed by atoms with E-state index >= 15 is 0 Å². The van der Waals surface area contributed by atoms with Gasteiger partial charge in [-0.05, 0) is 6.42 Å². The zero-order chi connectivity index (χ0) is 10.8. The molecular formula is C9H10N2O3S. The number of carboxylic acids is 1. The first kappa shape index (κ1) is 10.1. The number of amides is 1. The lowest BCUT2D eigenvalue weighted by Crippen LogP contribution is -2.25. The molecule has 0 spiro atoms. The Balaban J connectivity index is 1.77. The maximum absolute atomic E-state index is 11.4. The Morgan fingerprint density at radius 3 is 2.93 bits per heavy atom.